The minimum Gasteiger partial charge on any atom is -0.493 e. The van der Waals surface area contributed by atoms with Gasteiger partial charge in [-0.3, -0.25) is 0 Å². The number of hydrogen-bond donors (Lipinski definition) is 1. The first-order valence-corrected chi connectivity index (χ1v) is 8.97. The molecule has 0 unspecified atom stereocenters. The normalized spacial score (nSPS) is 11.5. The lowest BCUT2D eigenvalue weighted by Gasteiger charge is -2.15. The Bertz CT molecular complexity index is 956. The highest BCUT2D eigenvalue weighted by Gasteiger charge is 2.18. The summed E-state index contributed by atoms with van der Waals surface area (Å²) in [6.45, 7) is 0.724. The van der Waals surface area contributed by atoms with Crippen molar-refractivity contribution in [2.24, 2.45) is 0 Å². The molecule has 0 radical (unpaired) electrons. The van der Waals surface area contributed by atoms with Crippen molar-refractivity contribution in [1.29, 1.82) is 0 Å². The first-order valence-electron chi connectivity index (χ1n) is 8.97. The molecule has 0 atom stereocenters. The maximum absolute atomic E-state index is 5.42. The Morgan fingerprint density at radius 2 is 1.48 bits per heavy atom. The van der Waals surface area contributed by atoms with E-state index in [-0.39, 0.29) is 0 Å². The molecular weight excluding hydrogens is 338 g/mol. The Labute approximate surface area is 159 Å². The van der Waals surface area contributed by atoms with E-state index in [9.17, 15) is 0 Å². The van der Waals surface area contributed by atoms with E-state index in [0.717, 1.165) is 18.7 Å². The van der Waals surface area contributed by atoms with Crippen LogP contribution in [0.2, 0.25) is 0 Å². The lowest BCUT2D eigenvalue weighted by Crippen LogP contribution is -2.02. The summed E-state index contributed by atoms with van der Waals surface area (Å²) in [6.07, 6.45) is 1.00. The lowest BCUT2D eigenvalue weighted by molar-refractivity contribution is 0.324. The number of anilines is 1. The molecule has 0 saturated carbocycles. The van der Waals surface area contributed by atoms with E-state index in [2.05, 4.69) is 47.8 Å². The standard InChI is InChI=1S/C23H23NO3/c1-25-21-12-18(13-22(26-2)23(21)27-3)24-14-15-8-9-20-17(10-15)11-16-6-4-5-7-19(16)20/h4-10,12-13,24H,11,14H2,1-3H3. The Balaban J connectivity index is 1.54. The maximum Gasteiger partial charge on any atom is 0.203 e. The Morgan fingerprint density at radius 3 is 2.19 bits per heavy atom. The van der Waals surface area contributed by atoms with Crippen LogP contribution < -0.4 is 19.5 Å². The molecule has 4 nitrogen and oxygen atoms in total. The molecule has 3 aromatic carbocycles. The van der Waals surface area contributed by atoms with E-state index in [1.165, 1.54) is 27.8 Å². The molecule has 0 spiro atoms. The highest BCUT2D eigenvalue weighted by atomic mass is 16.5. The topological polar surface area (TPSA) is 39.7 Å². The van der Waals surface area contributed by atoms with Gasteiger partial charge in [-0.2, -0.15) is 0 Å². The average Bonchev–Trinajstić information content (AvgIpc) is 3.09. The molecule has 1 aliphatic rings. The molecule has 1 aliphatic carbocycles. The predicted molar refractivity (Wildman–Crippen MR) is 108 cm³/mol. The molecule has 3 aromatic rings. The van der Waals surface area contributed by atoms with Gasteiger partial charge in [0.1, 0.15) is 0 Å². The summed E-state index contributed by atoms with van der Waals surface area (Å²) >= 11 is 0. The largest absolute Gasteiger partial charge is 0.493 e. The summed E-state index contributed by atoms with van der Waals surface area (Å²) in [7, 11) is 4.86. The summed E-state index contributed by atoms with van der Waals surface area (Å²) in [4.78, 5) is 0. The van der Waals surface area contributed by atoms with Crippen molar-refractivity contribution in [2.45, 2.75) is 13.0 Å². The smallest absolute Gasteiger partial charge is 0.203 e. The van der Waals surface area contributed by atoms with Crippen LogP contribution in [0.1, 0.15) is 16.7 Å². The van der Waals surface area contributed by atoms with Gasteiger partial charge in [0.15, 0.2) is 11.5 Å². The highest BCUT2D eigenvalue weighted by Crippen LogP contribution is 2.40. The number of benzene rings is 3. The van der Waals surface area contributed by atoms with E-state index in [0.29, 0.717) is 17.2 Å². The van der Waals surface area contributed by atoms with Crippen LogP contribution in [0.3, 0.4) is 0 Å². The van der Waals surface area contributed by atoms with Crippen molar-refractivity contribution in [1.82, 2.24) is 0 Å². The molecule has 27 heavy (non-hydrogen) atoms. The molecule has 0 heterocycles. The minimum atomic E-state index is 0.598. The molecule has 0 aliphatic heterocycles. The lowest BCUT2D eigenvalue weighted by atomic mass is 10.0. The third-order valence-electron chi connectivity index (χ3n) is 5.02. The van der Waals surface area contributed by atoms with Gasteiger partial charge >= 0.3 is 0 Å². The van der Waals surface area contributed by atoms with E-state index < -0.39 is 0 Å². The Kier molecular flexibility index (Phi) is 4.63. The summed E-state index contributed by atoms with van der Waals surface area (Å²) in [5, 5.41) is 3.46. The van der Waals surface area contributed by atoms with Gasteiger partial charge in [0.25, 0.3) is 0 Å². The first-order chi connectivity index (χ1) is 13.2. The first kappa shape index (κ1) is 17.3. The monoisotopic (exact) mass is 361 g/mol. The summed E-state index contributed by atoms with van der Waals surface area (Å²) < 4.78 is 16.2. The molecule has 0 fully saturated rings. The molecular formula is C23H23NO3. The van der Waals surface area contributed by atoms with Crippen LogP contribution >= 0.6 is 0 Å². The fraction of sp³-hybridized carbons (Fsp3) is 0.217. The Morgan fingerprint density at radius 1 is 0.778 bits per heavy atom. The van der Waals surface area contributed by atoms with Gasteiger partial charge in [-0.1, -0.05) is 42.5 Å². The van der Waals surface area contributed by atoms with Crippen molar-refractivity contribution in [3.63, 3.8) is 0 Å². The fourth-order valence-corrected chi connectivity index (χ4v) is 3.70. The van der Waals surface area contributed by atoms with Crippen LogP contribution in [0.25, 0.3) is 11.1 Å². The van der Waals surface area contributed by atoms with Crippen molar-refractivity contribution in [2.75, 3.05) is 26.6 Å². The number of fused-ring (bicyclic) bond motifs is 3. The second-order valence-electron chi connectivity index (χ2n) is 6.59. The van der Waals surface area contributed by atoms with Crippen molar-refractivity contribution in [3.05, 3.63) is 71.3 Å². The quantitative estimate of drug-likeness (QED) is 0.530. The second kappa shape index (κ2) is 7.23. The van der Waals surface area contributed by atoms with Crippen molar-refractivity contribution < 1.29 is 14.2 Å². The van der Waals surface area contributed by atoms with Crippen LogP contribution in [-0.4, -0.2) is 21.3 Å². The van der Waals surface area contributed by atoms with E-state index in [1.54, 1.807) is 21.3 Å². The molecule has 0 aromatic heterocycles. The SMILES string of the molecule is COc1cc(NCc2ccc3c(c2)Cc2ccccc2-3)cc(OC)c1OC. The Hall–Kier alpha value is -3.14. The highest BCUT2D eigenvalue weighted by molar-refractivity contribution is 5.77. The molecule has 0 saturated heterocycles. The van der Waals surface area contributed by atoms with Crippen LogP contribution in [0.15, 0.2) is 54.6 Å². The molecule has 4 heteroatoms. The number of rotatable bonds is 6. The van der Waals surface area contributed by atoms with Crippen LogP contribution in [0.5, 0.6) is 17.2 Å². The zero-order chi connectivity index (χ0) is 18.8. The van der Waals surface area contributed by atoms with E-state index in [1.807, 2.05) is 12.1 Å². The zero-order valence-electron chi connectivity index (χ0n) is 15.8. The van der Waals surface area contributed by atoms with Gasteiger partial charge in [-0.05, 0) is 34.2 Å². The van der Waals surface area contributed by atoms with Crippen molar-refractivity contribution in [3.8, 4) is 28.4 Å². The van der Waals surface area contributed by atoms with Crippen LogP contribution in [0.4, 0.5) is 5.69 Å². The van der Waals surface area contributed by atoms with Crippen LogP contribution in [0, 0.1) is 0 Å². The number of nitrogens with one attached hydrogen (secondary N) is 1. The number of hydrogen-bond acceptors (Lipinski definition) is 4. The second-order valence-corrected chi connectivity index (χ2v) is 6.59. The molecule has 4 rings (SSSR count). The fourth-order valence-electron chi connectivity index (χ4n) is 3.70. The van der Waals surface area contributed by atoms with Gasteiger partial charge in [0.05, 0.1) is 21.3 Å². The molecule has 0 bridgehead atoms. The maximum atomic E-state index is 5.42. The predicted octanol–water partition coefficient (Wildman–Crippen LogP) is 4.90. The third kappa shape index (κ3) is 3.19. The van der Waals surface area contributed by atoms with Gasteiger partial charge in [0.2, 0.25) is 5.75 Å². The molecule has 0 amide bonds. The molecule has 1 N–H and O–H groups in total. The van der Waals surface area contributed by atoms with Crippen LogP contribution in [-0.2, 0) is 13.0 Å². The van der Waals surface area contributed by atoms with E-state index in [4.69, 9.17) is 14.2 Å². The number of methoxy groups -OCH3 is 3. The third-order valence-corrected chi connectivity index (χ3v) is 5.02. The van der Waals surface area contributed by atoms with Gasteiger partial charge < -0.3 is 19.5 Å². The zero-order valence-corrected chi connectivity index (χ0v) is 15.8. The number of ether oxygens (including phenoxy) is 3. The summed E-state index contributed by atoms with van der Waals surface area (Å²) in [5.41, 5.74) is 7.67. The van der Waals surface area contributed by atoms with Gasteiger partial charge in [-0.25, -0.2) is 0 Å². The van der Waals surface area contributed by atoms with Gasteiger partial charge in [0, 0.05) is 24.4 Å². The van der Waals surface area contributed by atoms with E-state index >= 15 is 0 Å². The average molecular weight is 361 g/mol. The van der Waals surface area contributed by atoms with Crippen molar-refractivity contribution >= 4 is 5.69 Å². The molecule has 138 valence electrons. The van der Waals surface area contributed by atoms with Gasteiger partial charge in [-0.15, -0.1) is 0 Å². The minimum absolute atomic E-state index is 0.598. The summed E-state index contributed by atoms with van der Waals surface area (Å²) in [6, 6.07) is 19.2. The summed E-state index contributed by atoms with van der Waals surface area (Å²) in [5.74, 6) is 1.88.